The van der Waals surface area contributed by atoms with Crippen LogP contribution in [-0.4, -0.2) is 34.4 Å². The van der Waals surface area contributed by atoms with Crippen molar-refractivity contribution in [3.63, 3.8) is 0 Å². The molecule has 0 unspecified atom stereocenters. The summed E-state index contributed by atoms with van der Waals surface area (Å²) in [5, 5.41) is 8.67. The van der Waals surface area contributed by atoms with Crippen LogP contribution in [0.4, 0.5) is 5.69 Å². The van der Waals surface area contributed by atoms with Gasteiger partial charge in [-0.1, -0.05) is 29.0 Å². The molecule has 0 bridgehead atoms. The van der Waals surface area contributed by atoms with Gasteiger partial charge in [0, 0.05) is 12.7 Å². The smallest absolute Gasteiger partial charge is 0.275 e. The third kappa shape index (κ3) is 4.32. The molecule has 7 nitrogen and oxygen atoms in total. The summed E-state index contributed by atoms with van der Waals surface area (Å²) >= 11 is 7.63. The lowest BCUT2D eigenvalue weighted by atomic mass is 10.2. The minimum Gasteiger partial charge on any atom is -0.487 e. The summed E-state index contributed by atoms with van der Waals surface area (Å²) in [7, 11) is 0. The van der Waals surface area contributed by atoms with Gasteiger partial charge in [0.1, 0.15) is 11.6 Å². The Balaban J connectivity index is 1.75. The van der Waals surface area contributed by atoms with Crippen molar-refractivity contribution in [3.8, 4) is 5.75 Å². The summed E-state index contributed by atoms with van der Waals surface area (Å²) in [6.07, 6.45) is 0. The Bertz CT molecular complexity index is 957. The van der Waals surface area contributed by atoms with Gasteiger partial charge in [-0.05, 0) is 26.0 Å². The van der Waals surface area contributed by atoms with Gasteiger partial charge in [0.2, 0.25) is 4.96 Å². The van der Waals surface area contributed by atoms with Crippen molar-refractivity contribution in [3.05, 3.63) is 50.3 Å². The molecule has 0 amide bonds. The third-order valence-electron chi connectivity index (χ3n) is 3.50. The van der Waals surface area contributed by atoms with Crippen molar-refractivity contribution < 1.29 is 9.47 Å². The normalized spacial score (nSPS) is 11.0. The molecule has 0 radical (unpaired) electrons. The van der Waals surface area contributed by atoms with Gasteiger partial charge in [0.25, 0.3) is 5.56 Å². The van der Waals surface area contributed by atoms with Crippen molar-refractivity contribution >= 4 is 33.6 Å². The molecule has 0 saturated heterocycles. The average molecular weight is 395 g/mol. The monoisotopic (exact) mass is 394 g/mol. The highest BCUT2D eigenvalue weighted by molar-refractivity contribution is 7.16. The summed E-state index contributed by atoms with van der Waals surface area (Å²) in [5.41, 5.74) is 1.16. The maximum atomic E-state index is 12.1. The van der Waals surface area contributed by atoms with Gasteiger partial charge in [-0.3, -0.25) is 4.79 Å². The van der Waals surface area contributed by atoms with Gasteiger partial charge in [-0.2, -0.15) is 9.61 Å². The van der Waals surface area contributed by atoms with E-state index in [9.17, 15) is 4.79 Å². The Morgan fingerprint density at radius 2 is 2.19 bits per heavy atom. The number of hydrogen-bond donors (Lipinski definition) is 1. The fraction of sp³-hybridized carbons (Fsp3) is 0.353. The number of halogens is 1. The Hall–Kier alpha value is -2.16. The van der Waals surface area contributed by atoms with Gasteiger partial charge in [-0.15, -0.1) is 0 Å². The second-order valence-electron chi connectivity index (χ2n) is 5.42. The van der Waals surface area contributed by atoms with E-state index in [1.165, 1.54) is 21.9 Å². The van der Waals surface area contributed by atoms with Crippen LogP contribution in [0.15, 0.2) is 29.1 Å². The van der Waals surface area contributed by atoms with Crippen LogP contribution in [0.2, 0.25) is 5.02 Å². The number of rotatable bonds is 8. The van der Waals surface area contributed by atoms with Crippen LogP contribution in [0.25, 0.3) is 4.96 Å². The molecule has 0 saturated carbocycles. The molecule has 0 aliphatic rings. The van der Waals surface area contributed by atoms with E-state index in [4.69, 9.17) is 21.1 Å². The van der Waals surface area contributed by atoms with Gasteiger partial charge in [-0.25, -0.2) is 4.98 Å². The van der Waals surface area contributed by atoms with Crippen molar-refractivity contribution in [2.75, 3.05) is 25.1 Å². The number of nitrogens with one attached hydrogen (secondary N) is 1. The zero-order valence-electron chi connectivity index (χ0n) is 14.5. The lowest BCUT2D eigenvalue weighted by Crippen LogP contribution is -2.17. The van der Waals surface area contributed by atoms with E-state index in [0.717, 1.165) is 10.7 Å². The van der Waals surface area contributed by atoms with Crippen LogP contribution in [0.1, 0.15) is 17.6 Å². The number of aryl methyl sites for hydroxylation is 1. The lowest BCUT2D eigenvalue weighted by molar-refractivity contribution is 0.110. The molecule has 1 aromatic carbocycles. The highest BCUT2D eigenvalue weighted by atomic mass is 35.5. The molecule has 26 heavy (non-hydrogen) atoms. The van der Waals surface area contributed by atoms with Gasteiger partial charge >= 0.3 is 0 Å². The molecule has 0 aliphatic heterocycles. The molecule has 0 atom stereocenters. The minimum absolute atomic E-state index is 0.199. The standard InChI is InChI=1S/C17H19ClN4O3S/c1-3-24-7-8-25-16-13(18)5-4-6-14(16)19-10-12-9-15(23)22-17(20-12)26-11(2)21-22/h4-6,9,19H,3,7-8,10H2,1-2H3. The van der Waals surface area contributed by atoms with Gasteiger partial charge in [0.05, 0.1) is 29.6 Å². The number of aromatic nitrogens is 3. The molecular formula is C17H19ClN4O3S. The van der Waals surface area contributed by atoms with E-state index in [1.807, 2.05) is 26.0 Å². The Kier molecular flexibility index (Phi) is 6.08. The lowest BCUT2D eigenvalue weighted by Gasteiger charge is -2.14. The van der Waals surface area contributed by atoms with Crippen LogP contribution in [-0.2, 0) is 11.3 Å². The quantitative estimate of drug-likeness (QED) is 0.591. The SMILES string of the molecule is CCOCCOc1c(Cl)cccc1NCc1cc(=O)n2nc(C)sc2n1. The van der Waals surface area contributed by atoms with Crippen LogP contribution in [0, 0.1) is 6.92 Å². The zero-order valence-corrected chi connectivity index (χ0v) is 16.1. The van der Waals surface area contributed by atoms with Crippen molar-refractivity contribution in [2.45, 2.75) is 20.4 Å². The molecular weight excluding hydrogens is 376 g/mol. The molecule has 3 rings (SSSR count). The molecule has 3 aromatic rings. The maximum absolute atomic E-state index is 12.1. The highest BCUT2D eigenvalue weighted by Gasteiger charge is 2.10. The van der Waals surface area contributed by atoms with Crippen LogP contribution < -0.4 is 15.6 Å². The second kappa shape index (κ2) is 8.48. The van der Waals surface area contributed by atoms with E-state index >= 15 is 0 Å². The van der Waals surface area contributed by atoms with Crippen LogP contribution in [0.3, 0.4) is 0 Å². The number of para-hydroxylation sites is 1. The fourth-order valence-electron chi connectivity index (χ4n) is 2.37. The average Bonchev–Trinajstić information content (AvgIpc) is 2.99. The minimum atomic E-state index is -0.199. The molecule has 2 aromatic heterocycles. The number of anilines is 1. The van der Waals surface area contributed by atoms with E-state index in [0.29, 0.717) is 47.8 Å². The first kappa shape index (κ1) is 18.6. The van der Waals surface area contributed by atoms with Crippen LogP contribution in [0.5, 0.6) is 5.75 Å². The maximum Gasteiger partial charge on any atom is 0.275 e. The molecule has 0 aliphatic carbocycles. The first-order valence-corrected chi connectivity index (χ1v) is 9.37. The first-order valence-electron chi connectivity index (χ1n) is 8.18. The predicted molar refractivity (Wildman–Crippen MR) is 103 cm³/mol. The van der Waals surface area contributed by atoms with Gasteiger partial charge in [0.15, 0.2) is 5.75 Å². The Morgan fingerprint density at radius 1 is 1.35 bits per heavy atom. The third-order valence-corrected chi connectivity index (χ3v) is 4.63. The summed E-state index contributed by atoms with van der Waals surface area (Å²) < 4.78 is 12.3. The van der Waals surface area contributed by atoms with E-state index in [2.05, 4.69) is 15.4 Å². The molecule has 0 fully saturated rings. The summed E-state index contributed by atoms with van der Waals surface area (Å²) in [5.74, 6) is 0.556. The molecule has 9 heteroatoms. The number of benzene rings is 1. The van der Waals surface area contributed by atoms with E-state index in [-0.39, 0.29) is 5.56 Å². The number of fused-ring (bicyclic) bond motifs is 1. The largest absolute Gasteiger partial charge is 0.487 e. The summed E-state index contributed by atoms with van der Waals surface area (Å²) in [4.78, 5) is 17.2. The highest BCUT2D eigenvalue weighted by Crippen LogP contribution is 2.33. The van der Waals surface area contributed by atoms with Gasteiger partial charge < -0.3 is 14.8 Å². The molecule has 138 valence electrons. The van der Waals surface area contributed by atoms with E-state index < -0.39 is 0 Å². The Labute approximate surface area is 159 Å². The second-order valence-corrected chi connectivity index (χ2v) is 6.98. The first-order chi connectivity index (χ1) is 12.6. The Morgan fingerprint density at radius 3 is 3.00 bits per heavy atom. The topological polar surface area (TPSA) is 77.8 Å². The molecule has 2 heterocycles. The molecule has 0 spiro atoms. The van der Waals surface area contributed by atoms with Crippen molar-refractivity contribution in [2.24, 2.45) is 0 Å². The zero-order chi connectivity index (χ0) is 18.5. The van der Waals surface area contributed by atoms with Crippen molar-refractivity contribution in [1.29, 1.82) is 0 Å². The number of hydrogen-bond acceptors (Lipinski definition) is 7. The number of nitrogens with zero attached hydrogens (tertiary/aromatic N) is 3. The van der Waals surface area contributed by atoms with Crippen molar-refractivity contribution in [1.82, 2.24) is 14.6 Å². The van der Waals surface area contributed by atoms with E-state index in [1.54, 1.807) is 6.07 Å². The van der Waals surface area contributed by atoms with Crippen LogP contribution >= 0.6 is 22.9 Å². The fourth-order valence-corrected chi connectivity index (χ4v) is 3.37. The molecule has 1 N–H and O–H groups in total. The number of ether oxygens (including phenoxy) is 2. The summed E-state index contributed by atoms with van der Waals surface area (Å²) in [6, 6.07) is 6.93. The predicted octanol–water partition coefficient (Wildman–Crippen LogP) is 3.14. The summed E-state index contributed by atoms with van der Waals surface area (Å²) in [6.45, 7) is 5.66.